The molecular formula is C22H31IN4O2. The zero-order valence-corrected chi connectivity index (χ0v) is 19.9. The number of halogens is 1. The fourth-order valence-corrected chi connectivity index (χ4v) is 2.64. The fourth-order valence-electron chi connectivity index (χ4n) is 2.64. The number of nitrogens with zero attached hydrogens (tertiary/aromatic N) is 3. The van der Waals surface area contributed by atoms with E-state index in [1.54, 1.807) is 26.1 Å². The Kier molecular flexibility index (Phi) is 11.1. The second-order valence-corrected chi connectivity index (χ2v) is 6.79. The van der Waals surface area contributed by atoms with Gasteiger partial charge in [-0.3, -0.25) is 4.79 Å². The highest BCUT2D eigenvalue weighted by atomic mass is 127. The molecule has 0 fully saturated rings. The van der Waals surface area contributed by atoms with Crippen LogP contribution in [0.4, 0.5) is 0 Å². The maximum atomic E-state index is 12.0. The van der Waals surface area contributed by atoms with Crippen LogP contribution in [0.15, 0.2) is 59.6 Å². The first-order valence-corrected chi connectivity index (χ1v) is 9.36. The van der Waals surface area contributed by atoms with Crippen LogP contribution in [0.3, 0.4) is 0 Å². The van der Waals surface area contributed by atoms with Gasteiger partial charge in [-0.15, -0.1) is 24.0 Å². The van der Waals surface area contributed by atoms with Gasteiger partial charge in [0.15, 0.2) is 5.96 Å². The first-order valence-electron chi connectivity index (χ1n) is 9.36. The number of carbonyl (C=O) groups excluding carboxylic acids is 1. The highest BCUT2D eigenvalue weighted by Crippen LogP contribution is 2.12. The number of nitrogens with one attached hydrogen (secondary N) is 1. The van der Waals surface area contributed by atoms with Crippen molar-refractivity contribution in [3.63, 3.8) is 0 Å². The van der Waals surface area contributed by atoms with Crippen LogP contribution in [0.2, 0.25) is 0 Å². The van der Waals surface area contributed by atoms with Gasteiger partial charge in [-0.1, -0.05) is 42.5 Å². The zero-order chi connectivity index (χ0) is 20.4. The largest absolute Gasteiger partial charge is 0.497 e. The van der Waals surface area contributed by atoms with Crippen molar-refractivity contribution in [2.45, 2.75) is 13.0 Å². The van der Waals surface area contributed by atoms with Crippen LogP contribution in [0.25, 0.3) is 0 Å². The monoisotopic (exact) mass is 510 g/mol. The van der Waals surface area contributed by atoms with Gasteiger partial charge in [0.2, 0.25) is 5.91 Å². The van der Waals surface area contributed by atoms with Gasteiger partial charge in [-0.05, 0) is 29.7 Å². The number of hydrogen-bond donors (Lipinski definition) is 1. The molecule has 1 amide bonds. The summed E-state index contributed by atoms with van der Waals surface area (Å²) in [4.78, 5) is 20.0. The van der Waals surface area contributed by atoms with Crippen LogP contribution in [0.5, 0.6) is 5.75 Å². The summed E-state index contributed by atoms with van der Waals surface area (Å²) in [5.74, 6) is 1.51. The van der Waals surface area contributed by atoms with E-state index in [-0.39, 0.29) is 36.4 Å². The predicted octanol–water partition coefficient (Wildman–Crippen LogP) is 3.02. The van der Waals surface area contributed by atoms with Crippen molar-refractivity contribution < 1.29 is 9.53 Å². The Labute approximate surface area is 191 Å². The molecule has 7 heteroatoms. The van der Waals surface area contributed by atoms with E-state index in [4.69, 9.17) is 4.74 Å². The molecule has 0 atom stereocenters. The Bertz CT molecular complexity index is 764. The molecule has 2 rings (SSSR count). The molecule has 2 aromatic carbocycles. The van der Waals surface area contributed by atoms with Gasteiger partial charge in [0.1, 0.15) is 12.3 Å². The molecule has 0 aliphatic rings. The maximum absolute atomic E-state index is 12.0. The van der Waals surface area contributed by atoms with Gasteiger partial charge in [0.25, 0.3) is 0 Å². The van der Waals surface area contributed by atoms with Crippen LogP contribution in [-0.2, 0) is 17.8 Å². The summed E-state index contributed by atoms with van der Waals surface area (Å²) < 4.78 is 5.21. The zero-order valence-electron chi connectivity index (χ0n) is 17.6. The molecule has 0 aliphatic carbocycles. The average Bonchev–Trinajstić information content (AvgIpc) is 2.71. The SMILES string of the molecule is COc1ccc(CN(C)C(=NCC(=O)N(C)C)NCCc2ccccc2)cc1.I. The van der Waals surface area contributed by atoms with E-state index in [1.165, 1.54) is 5.56 Å². The van der Waals surface area contributed by atoms with Gasteiger partial charge in [0, 0.05) is 34.2 Å². The van der Waals surface area contributed by atoms with Gasteiger partial charge in [-0.2, -0.15) is 0 Å². The molecule has 158 valence electrons. The van der Waals surface area contributed by atoms with Crippen LogP contribution in [-0.4, -0.2) is 63.0 Å². The Hall–Kier alpha value is -2.29. The molecular weight excluding hydrogens is 479 g/mol. The number of aliphatic imine (C=N–C) groups is 1. The standard InChI is InChI=1S/C22H30N4O2.HI/c1-25(2)21(27)16-24-22(23-15-14-18-8-6-5-7-9-18)26(3)17-19-10-12-20(28-4)13-11-19;/h5-13H,14-17H2,1-4H3,(H,23,24);1H. The number of ether oxygens (including phenoxy) is 1. The van der Waals surface area contributed by atoms with Crippen molar-refractivity contribution >= 4 is 35.8 Å². The van der Waals surface area contributed by atoms with Crippen molar-refractivity contribution in [2.75, 3.05) is 41.3 Å². The molecule has 2 aromatic rings. The summed E-state index contributed by atoms with van der Waals surface area (Å²) in [6.07, 6.45) is 0.887. The number of likely N-dealkylation sites (N-methyl/N-ethyl adjacent to an activating group) is 1. The lowest BCUT2D eigenvalue weighted by molar-refractivity contribution is -0.127. The first-order chi connectivity index (χ1) is 13.5. The van der Waals surface area contributed by atoms with Crippen LogP contribution < -0.4 is 10.1 Å². The summed E-state index contributed by atoms with van der Waals surface area (Å²) in [7, 11) is 7.10. The van der Waals surface area contributed by atoms with Crippen molar-refractivity contribution in [1.82, 2.24) is 15.1 Å². The predicted molar refractivity (Wildman–Crippen MR) is 129 cm³/mol. The van der Waals surface area contributed by atoms with Gasteiger partial charge >= 0.3 is 0 Å². The van der Waals surface area contributed by atoms with Crippen molar-refractivity contribution in [3.05, 3.63) is 65.7 Å². The molecule has 0 aromatic heterocycles. The summed E-state index contributed by atoms with van der Waals surface area (Å²) in [5, 5.41) is 3.39. The topological polar surface area (TPSA) is 57.2 Å². The Balaban J connectivity index is 0.00000420. The van der Waals surface area contributed by atoms with E-state index in [9.17, 15) is 4.79 Å². The number of methoxy groups -OCH3 is 1. The smallest absolute Gasteiger partial charge is 0.243 e. The van der Waals surface area contributed by atoms with Crippen molar-refractivity contribution in [2.24, 2.45) is 4.99 Å². The quantitative estimate of drug-likeness (QED) is 0.337. The summed E-state index contributed by atoms with van der Waals surface area (Å²) in [5.41, 5.74) is 2.40. The molecule has 0 heterocycles. The fraction of sp³-hybridized carbons (Fsp3) is 0.364. The number of benzene rings is 2. The molecule has 0 aliphatic heterocycles. The second-order valence-electron chi connectivity index (χ2n) is 6.79. The lowest BCUT2D eigenvalue weighted by Crippen LogP contribution is -2.40. The molecule has 29 heavy (non-hydrogen) atoms. The molecule has 0 spiro atoms. The molecule has 6 nitrogen and oxygen atoms in total. The average molecular weight is 510 g/mol. The van der Waals surface area contributed by atoms with E-state index in [1.807, 2.05) is 54.4 Å². The summed E-state index contributed by atoms with van der Waals surface area (Å²) in [6, 6.07) is 18.2. The lowest BCUT2D eigenvalue weighted by Gasteiger charge is -2.23. The second kappa shape index (κ2) is 13.0. The van der Waals surface area contributed by atoms with E-state index < -0.39 is 0 Å². The third-order valence-corrected chi connectivity index (χ3v) is 4.34. The first kappa shape index (κ1) is 24.7. The van der Waals surface area contributed by atoms with Crippen LogP contribution >= 0.6 is 24.0 Å². The third kappa shape index (κ3) is 8.72. The molecule has 0 saturated heterocycles. The Morgan fingerprint density at radius 1 is 1.00 bits per heavy atom. The number of hydrogen-bond acceptors (Lipinski definition) is 3. The Morgan fingerprint density at radius 2 is 1.66 bits per heavy atom. The number of guanidine groups is 1. The van der Waals surface area contributed by atoms with E-state index >= 15 is 0 Å². The minimum absolute atomic E-state index is 0. The van der Waals surface area contributed by atoms with Crippen LogP contribution in [0, 0.1) is 0 Å². The maximum Gasteiger partial charge on any atom is 0.243 e. The van der Waals surface area contributed by atoms with Crippen molar-refractivity contribution in [1.29, 1.82) is 0 Å². The number of rotatable bonds is 8. The molecule has 0 unspecified atom stereocenters. The van der Waals surface area contributed by atoms with E-state index in [2.05, 4.69) is 22.4 Å². The number of carbonyl (C=O) groups is 1. The van der Waals surface area contributed by atoms with Crippen molar-refractivity contribution in [3.8, 4) is 5.75 Å². The highest BCUT2D eigenvalue weighted by molar-refractivity contribution is 14.0. The van der Waals surface area contributed by atoms with Gasteiger partial charge < -0.3 is 19.9 Å². The minimum Gasteiger partial charge on any atom is -0.497 e. The molecule has 1 N–H and O–H groups in total. The Morgan fingerprint density at radius 3 is 2.24 bits per heavy atom. The third-order valence-electron chi connectivity index (χ3n) is 4.34. The highest BCUT2D eigenvalue weighted by Gasteiger charge is 2.10. The summed E-state index contributed by atoms with van der Waals surface area (Å²) in [6.45, 7) is 1.54. The van der Waals surface area contributed by atoms with Gasteiger partial charge in [0.05, 0.1) is 7.11 Å². The van der Waals surface area contributed by atoms with E-state index in [0.29, 0.717) is 12.5 Å². The minimum atomic E-state index is -0.0276. The number of amides is 1. The summed E-state index contributed by atoms with van der Waals surface area (Å²) >= 11 is 0. The lowest BCUT2D eigenvalue weighted by atomic mass is 10.1. The normalized spacial score (nSPS) is 10.7. The molecule has 0 radical (unpaired) electrons. The molecule has 0 saturated carbocycles. The molecule has 0 bridgehead atoms. The van der Waals surface area contributed by atoms with E-state index in [0.717, 1.165) is 24.3 Å². The van der Waals surface area contributed by atoms with Crippen LogP contribution in [0.1, 0.15) is 11.1 Å². The van der Waals surface area contributed by atoms with Gasteiger partial charge in [-0.25, -0.2) is 4.99 Å².